The zero-order valence-corrected chi connectivity index (χ0v) is 11.3. The molecule has 0 spiro atoms. The van der Waals surface area contributed by atoms with Crippen LogP contribution in [-0.2, 0) is 0 Å². The van der Waals surface area contributed by atoms with Crippen molar-refractivity contribution >= 4 is 23.0 Å². The normalized spacial score (nSPS) is 17.4. The van der Waals surface area contributed by atoms with Gasteiger partial charge in [0.1, 0.15) is 5.69 Å². The summed E-state index contributed by atoms with van der Waals surface area (Å²) in [6.45, 7) is 0.638. The van der Waals surface area contributed by atoms with E-state index in [1.807, 2.05) is 0 Å². The van der Waals surface area contributed by atoms with Gasteiger partial charge in [-0.15, -0.1) is 0 Å². The van der Waals surface area contributed by atoms with E-state index in [2.05, 4.69) is 5.32 Å². The van der Waals surface area contributed by atoms with Gasteiger partial charge in [0.05, 0.1) is 11.5 Å². The lowest BCUT2D eigenvalue weighted by atomic mass is 9.87. The number of nitrogens with one attached hydrogen (secondary N) is 1. The molecule has 1 aromatic carbocycles. The molecule has 104 valence electrons. The van der Waals surface area contributed by atoms with Gasteiger partial charge in [0.2, 0.25) is 0 Å². The standard InChI is InChI=1S/C13H17ClN2O3/c14-10-3-4-12(16(18)19)11(7-10)15-8-13(9-17)5-1-2-6-13/h3-4,7,15,17H,1-2,5-6,8-9H2. The fourth-order valence-corrected chi connectivity index (χ4v) is 2.78. The number of aliphatic hydroxyl groups excluding tert-OH is 1. The molecule has 19 heavy (non-hydrogen) atoms. The van der Waals surface area contributed by atoms with Gasteiger partial charge in [-0.25, -0.2) is 0 Å². The molecule has 1 fully saturated rings. The van der Waals surface area contributed by atoms with E-state index in [0.717, 1.165) is 25.7 Å². The molecule has 1 aromatic rings. The molecule has 1 aliphatic carbocycles. The number of benzene rings is 1. The summed E-state index contributed by atoms with van der Waals surface area (Å²) >= 11 is 5.87. The Morgan fingerprint density at radius 1 is 1.42 bits per heavy atom. The number of hydrogen-bond donors (Lipinski definition) is 2. The molecule has 0 unspecified atom stereocenters. The maximum Gasteiger partial charge on any atom is 0.292 e. The molecule has 1 saturated carbocycles. The molecule has 5 nitrogen and oxygen atoms in total. The Morgan fingerprint density at radius 3 is 2.68 bits per heavy atom. The Morgan fingerprint density at radius 2 is 2.11 bits per heavy atom. The van der Waals surface area contributed by atoms with Gasteiger partial charge in [-0.3, -0.25) is 10.1 Å². The third-order valence-electron chi connectivity index (χ3n) is 3.81. The summed E-state index contributed by atoms with van der Waals surface area (Å²) in [5.74, 6) is 0. The largest absolute Gasteiger partial charge is 0.396 e. The lowest BCUT2D eigenvalue weighted by molar-refractivity contribution is -0.384. The van der Waals surface area contributed by atoms with Gasteiger partial charge in [-0.1, -0.05) is 24.4 Å². The van der Waals surface area contributed by atoms with Gasteiger partial charge in [0.25, 0.3) is 5.69 Å². The van der Waals surface area contributed by atoms with Crippen molar-refractivity contribution in [3.05, 3.63) is 33.3 Å². The Balaban J connectivity index is 2.14. The number of nitro groups is 1. The van der Waals surface area contributed by atoms with Gasteiger partial charge in [-0.2, -0.15) is 0 Å². The van der Waals surface area contributed by atoms with Crippen LogP contribution in [0.3, 0.4) is 0 Å². The van der Waals surface area contributed by atoms with Gasteiger partial charge < -0.3 is 10.4 Å². The minimum atomic E-state index is -0.432. The molecule has 0 saturated heterocycles. The molecular formula is C13H17ClN2O3. The highest BCUT2D eigenvalue weighted by Crippen LogP contribution is 2.38. The molecule has 0 aliphatic heterocycles. The highest BCUT2D eigenvalue weighted by Gasteiger charge is 2.33. The number of rotatable bonds is 5. The molecule has 2 N–H and O–H groups in total. The van der Waals surface area contributed by atoms with Crippen molar-refractivity contribution in [1.82, 2.24) is 0 Å². The molecule has 0 radical (unpaired) electrons. The average molecular weight is 285 g/mol. The monoisotopic (exact) mass is 284 g/mol. The lowest BCUT2D eigenvalue weighted by Crippen LogP contribution is -2.30. The summed E-state index contributed by atoms with van der Waals surface area (Å²) in [4.78, 5) is 10.5. The van der Waals surface area contributed by atoms with Crippen molar-refractivity contribution in [3.8, 4) is 0 Å². The van der Waals surface area contributed by atoms with Crippen LogP contribution in [0.25, 0.3) is 0 Å². The molecule has 1 aliphatic rings. The van der Waals surface area contributed by atoms with Crippen LogP contribution in [-0.4, -0.2) is 23.2 Å². The summed E-state index contributed by atoms with van der Waals surface area (Å²) in [6.07, 6.45) is 4.09. The third kappa shape index (κ3) is 3.16. The Bertz CT molecular complexity index is 473. The number of anilines is 1. The molecule has 0 aromatic heterocycles. The summed E-state index contributed by atoms with van der Waals surface area (Å²) in [5, 5.41) is 24.0. The maximum absolute atomic E-state index is 11.0. The molecule has 0 bridgehead atoms. The topological polar surface area (TPSA) is 75.4 Å². The molecular weight excluding hydrogens is 268 g/mol. The van der Waals surface area contributed by atoms with Crippen LogP contribution in [0.1, 0.15) is 25.7 Å². The van der Waals surface area contributed by atoms with Crippen molar-refractivity contribution in [3.63, 3.8) is 0 Å². The molecule has 0 amide bonds. The molecule has 2 rings (SSSR count). The fraction of sp³-hybridized carbons (Fsp3) is 0.538. The Kier molecular flexibility index (Phi) is 4.27. The minimum Gasteiger partial charge on any atom is -0.396 e. The van der Waals surface area contributed by atoms with E-state index in [1.54, 1.807) is 6.07 Å². The van der Waals surface area contributed by atoms with E-state index >= 15 is 0 Å². The third-order valence-corrected chi connectivity index (χ3v) is 4.04. The Hall–Kier alpha value is -1.33. The second-order valence-electron chi connectivity index (χ2n) is 5.14. The molecule has 6 heteroatoms. The van der Waals surface area contributed by atoms with Crippen molar-refractivity contribution in [1.29, 1.82) is 0 Å². The van der Waals surface area contributed by atoms with Gasteiger partial charge in [0.15, 0.2) is 0 Å². The second kappa shape index (κ2) is 5.75. The quantitative estimate of drug-likeness (QED) is 0.643. The van der Waals surface area contributed by atoms with E-state index < -0.39 is 4.92 Å². The summed E-state index contributed by atoms with van der Waals surface area (Å²) in [5.41, 5.74) is 0.267. The predicted molar refractivity (Wildman–Crippen MR) is 74.6 cm³/mol. The van der Waals surface area contributed by atoms with Gasteiger partial charge in [-0.05, 0) is 25.0 Å². The van der Waals surface area contributed by atoms with E-state index in [4.69, 9.17) is 11.6 Å². The van der Waals surface area contributed by atoms with Gasteiger partial charge in [0, 0.05) is 23.0 Å². The van der Waals surface area contributed by atoms with Crippen molar-refractivity contribution in [2.75, 3.05) is 18.5 Å². The number of aliphatic hydroxyl groups is 1. The number of halogens is 1. The van der Waals surface area contributed by atoms with E-state index in [9.17, 15) is 15.2 Å². The first kappa shape index (κ1) is 14.1. The van der Waals surface area contributed by atoms with E-state index in [0.29, 0.717) is 17.3 Å². The van der Waals surface area contributed by atoms with Crippen molar-refractivity contribution in [2.45, 2.75) is 25.7 Å². The van der Waals surface area contributed by atoms with Gasteiger partial charge >= 0.3 is 0 Å². The Labute approximate surface area is 116 Å². The zero-order chi connectivity index (χ0) is 13.9. The van der Waals surface area contributed by atoms with Crippen LogP contribution < -0.4 is 5.32 Å². The van der Waals surface area contributed by atoms with Crippen LogP contribution in [0.2, 0.25) is 5.02 Å². The zero-order valence-electron chi connectivity index (χ0n) is 10.6. The highest BCUT2D eigenvalue weighted by atomic mass is 35.5. The minimum absolute atomic E-state index is 0.00971. The van der Waals surface area contributed by atoms with Crippen LogP contribution in [0.15, 0.2) is 18.2 Å². The van der Waals surface area contributed by atoms with Crippen molar-refractivity contribution < 1.29 is 10.0 Å². The molecule has 0 atom stereocenters. The van der Waals surface area contributed by atoms with E-state index in [1.165, 1.54) is 12.1 Å². The van der Waals surface area contributed by atoms with Crippen LogP contribution in [0, 0.1) is 15.5 Å². The first-order chi connectivity index (χ1) is 9.06. The first-order valence-corrected chi connectivity index (χ1v) is 6.73. The number of nitrogens with zero attached hydrogens (tertiary/aromatic N) is 1. The maximum atomic E-state index is 11.0. The van der Waals surface area contributed by atoms with Crippen LogP contribution >= 0.6 is 11.6 Å². The lowest BCUT2D eigenvalue weighted by Gasteiger charge is -2.27. The van der Waals surface area contributed by atoms with Crippen LogP contribution in [0.4, 0.5) is 11.4 Å². The second-order valence-corrected chi connectivity index (χ2v) is 5.57. The summed E-state index contributed by atoms with van der Waals surface area (Å²) in [6, 6.07) is 4.45. The number of hydrogen-bond acceptors (Lipinski definition) is 4. The van der Waals surface area contributed by atoms with Crippen LogP contribution in [0.5, 0.6) is 0 Å². The number of nitro benzene ring substituents is 1. The highest BCUT2D eigenvalue weighted by molar-refractivity contribution is 6.31. The summed E-state index contributed by atoms with van der Waals surface area (Å²) in [7, 11) is 0. The average Bonchev–Trinajstić information content (AvgIpc) is 2.85. The first-order valence-electron chi connectivity index (χ1n) is 6.35. The van der Waals surface area contributed by atoms with E-state index in [-0.39, 0.29) is 17.7 Å². The SMILES string of the molecule is O=[N+]([O-])c1ccc(Cl)cc1NCC1(CO)CCCC1. The van der Waals surface area contributed by atoms with Crippen molar-refractivity contribution in [2.24, 2.45) is 5.41 Å². The fourth-order valence-electron chi connectivity index (χ4n) is 2.61. The summed E-state index contributed by atoms with van der Waals surface area (Å²) < 4.78 is 0. The predicted octanol–water partition coefficient (Wildman–Crippen LogP) is 3.21. The smallest absolute Gasteiger partial charge is 0.292 e. The molecule has 0 heterocycles.